The molecule has 0 radical (unpaired) electrons. The minimum absolute atomic E-state index is 0.0702. The molecule has 0 aromatic heterocycles. The van der Waals surface area contributed by atoms with E-state index < -0.39 is 0 Å². The number of rotatable bonds is 6. The lowest BCUT2D eigenvalue weighted by molar-refractivity contribution is -0.141. The van der Waals surface area contributed by atoms with Gasteiger partial charge in [-0.25, -0.2) is 0 Å². The number of phenolic OH excluding ortho intramolecular Hbond substituents is 1. The zero-order valence-electron chi connectivity index (χ0n) is 13.9. The zero-order valence-corrected chi connectivity index (χ0v) is 13.9. The number of aromatic hydroxyl groups is 1. The summed E-state index contributed by atoms with van der Waals surface area (Å²) in [6.07, 6.45) is 1.61. The predicted octanol–water partition coefficient (Wildman–Crippen LogP) is 3.75. The van der Waals surface area contributed by atoms with Gasteiger partial charge in [-0.15, -0.1) is 0 Å². The van der Waals surface area contributed by atoms with E-state index in [4.69, 9.17) is 0 Å². The van der Waals surface area contributed by atoms with Crippen molar-refractivity contribution in [1.29, 1.82) is 0 Å². The molecule has 0 spiro atoms. The highest BCUT2D eigenvalue weighted by molar-refractivity contribution is 5.69. The van der Waals surface area contributed by atoms with Crippen LogP contribution in [0.3, 0.4) is 0 Å². The first-order valence-corrected chi connectivity index (χ1v) is 7.60. The van der Waals surface area contributed by atoms with Crippen LogP contribution >= 0.6 is 0 Å². The molecule has 0 amide bonds. The first kappa shape index (κ1) is 19.4. The molecule has 0 saturated heterocycles. The number of methoxy groups -OCH3 is 1. The van der Waals surface area contributed by atoms with Crippen LogP contribution < -0.4 is 0 Å². The van der Waals surface area contributed by atoms with E-state index in [2.05, 4.69) is 23.5 Å². The number of esters is 1. The van der Waals surface area contributed by atoms with E-state index >= 15 is 0 Å². The quantitative estimate of drug-likeness (QED) is 0.812. The van der Waals surface area contributed by atoms with Crippen molar-refractivity contribution in [2.45, 2.75) is 46.6 Å². The van der Waals surface area contributed by atoms with Gasteiger partial charge in [-0.3, -0.25) is 9.69 Å². The second kappa shape index (κ2) is 11.1. The van der Waals surface area contributed by atoms with E-state index in [9.17, 15) is 9.90 Å². The molecule has 4 heteroatoms. The first-order valence-electron chi connectivity index (χ1n) is 7.60. The van der Waals surface area contributed by atoms with Crippen LogP contribution in [0, 0.1) is 0 Å². The molecule has 1 atom stereocenters. The molecule has 1 aromatic rings. The fraction of sp³-hybridized carbons (Fsp3) is 0.588. The molecule has 0 heterocycles. The molecule has 0 aliphatic carbocycles. The summed E-state index contributed by atoms with van der Waals surface area (Å²) in [5, 5.41) is 9.83. The molecule has 0 aliphatic heterocycles. The largest absolute Gasteiger partial charge is 0.508 e. The fourth-order valence-electron chi connectivity index (χ4n) is 2.00. The van der Waals surface area contributed by atoms with Crippen LogP contribution in [0.2, 0.25) is 0 Å². The van der Waals surface area contributed by atoms with Gasteiger partial charge < -0.3 is 9.84 Å². The molecular weight excluding hydrogens is 266 g/mol. The standard InChI is InChI=1S/C14H21NO3.C3H8/c1-4-15(10-9-14(17)18-3)11(2)12-7-5-6-8-13(12)16;1-3-2/h5-8,11,16H,4,9-10H2,1-3H3;3H2,1-2H3/t11-;/m0./s1. The van der Waals surface area contributed by atoms with E-state index in [0.717, 1.165) is 12.1 Å². The second-order valence-corrected chi connectivity index (χ2v) is 4.90. The van der Waals surface area contributed by atoms with Crippen molar-refractivity contribution in [2.24, 2.45) is 0 Å². The Balaban J connectivity index is 0.00000122. The van der Waals surface area contributed by atoms with Gasteiger partial charge in [0.1, 0.15) is 5.75 Å². The van der Waals surface area contributed by atoms with Crippen molar-refractivity contribution < 1.29 is 14.6 Å². The Morgan fingerprint density at radius 1 is 1.29 bits per heavy atom. The number of hydrogen-bond donors (Lipinski definition) is 1. The van der Waals surface area contributed by atoms with Gasteiger partial charge in [-0.2, -0.15) is 0 Å². The van der Waals surface area contributed by atoms with Gasteiger partial charge in [0, 0.05) is 18.2 Å². The monoisotopic (exact) mass is 295 g/mol. The van der Waals surface area contributed by atoms with Crippen LogP contribution in [0.5, 0.6) is 5.75 Å². The predicted molar refractivity (Wildman–Crippen MR) is 86.4 cm³/mol. The number of ether oxygens (including phenoxy) is 1. The lowest BCUT2D eigenvalue weighted by atomic mass is 10.1. The number of para-hydroxylation sites is 1. The minimum Gasteiger partial charge on any atom is -0.508 e. The highest BCUT2D eigenvalue weighted by Gasteiger charge is 2.17. The second-order valence-electron chi connectivity index (χ2n) is 4.90. The van der Waals surface area contributed by atoms with Crippen LogP contribution in [0.4, 0.5) is 0 Å². The SMILES string of the molecule is CCC.CCN(CCC(=O)OC)[C@@H](C)c1ccccc1O. The molecule has 0 fully saturated rings. The highest BCUT2D eigenvalue weighted by atomic mass is 16.5. The van der Waals surface area contributed by atoms with Crippen molar-refractivity contribution in [3.8, 4) is 5.75 Å². The first-order chi connectivity index (χ1) is 10.0. The smallest absolute Gasteiger partial charge is 0.306 e. The molecule has 1 aromatic carbocycles. The molecule has 0 unspecified atom stereocenters. The van der Waals surface area contributed by atoms with Crippen LogP contribution in [0.25, 0.3) is 0 Å². The molecule has 4 nitrogen and oxygen atoms in total. The van der Waals surface area contributed by atoms with Crippen LogP contribution in [-0.4, -0.2) is 36.2 Å². The third-order valence-electron chi connectivity index (χ3n) is 3.17. The average molecular weight is 295 g/mol. The topological polar surface area (TPSA) is 49.8 Å². The Morgan fingerprint density at radius 3 is 2.33 bits per heavy atom. The molecule has 21 heavy (non-hydrogen) atoms. The summed E-state index contributed by atoms with van der Waals surface area (Å²) < 4.78 is 4.64. The third kappa shape index (κ3) is 7.14. The van der Waals surface area contributed by atoms with Gasteiger partial charge in [0.05, 0.1) is 13.5 Å². The molecule has 1 rings (SSSR count). The maximum atomic E-state index is 11.2. The Morgan fingerprint density at radius 2 is 1.86 bits per heavy atom. The van der Waals surface area contributed by atoms with E-state index in [0.29, 0.717) is 18.7 Å². The van der Waals surface area contributed by atoms with E-state index in [-0.39, 0.29) is 12.0 Å². The maximum absolute atomic E-state index is 11.2. The van der Waals surface area contributed by atoms with Crippen molar-refractivity contribution in [3.63, 3.8) is 0 Å². The third-order valence-corrected chi connectivity index (χ3v) is 3.17. The van der Waals surface area contributed by atoms with Gasteiger partial charge in [0.15, 0.2) is 0 Å². The molecule has 0 bridgehead atoms. The highest BCUT2D eigenvalue weighted by Crippen LogP contribution is 2.27. The van der Waals surface area contributed by atoms with Gasteiger partial charge in [0.25, 0.3) is 0 Å². The lowest BCUT2D eigenvalue weighted by Crippen LogP contribution is -2.29. The van der Waals surface area contributed by atoms with Gasteiger partial charge in [-0.1, -0.05) is 45.4 Å². The van der Waals surface area contributed by atoms with Crippen LogP contribution in [-0.2, 0) is 9.53 Å². The van der Waals surface area contributed by atoms with Gasteiger partial charge >= 0.3 is 5.97 Å². The van der Waals surface area contributed by atoms with E-state index in [1.807, 2.05) is 26.0 Å². The van der Waals surface area contributed by atoms with Crippen molar-refractivity contribution in [3.05, 3.63) is 29.8 Å². The number of carbonyl (C=O) groups is 1. The van der Waals surface area contributed by atoms with Crippen LogP contribution in [0.15, 0.2) is 24.3 Å². The molecule has 1 N–H and O–H groups in total. The van der Waals surface area contributed by atoms with E-state index in [1.54, 1.807) is 12.1 Å². The number of phenols is 1. The van der Waals surface area contributed by atoms with Gasteiger partial charge in [-0.05, 0) is 19.5 Å². The van der Waals surface area contributed by atoms with Gasteiger partial charge in [0.2, 0.25) is 0 Å². The Hall–Kier alpha value is -1.55. The summed E-state index contributed by atoms with van der Waals surface area (Å²) >= 11 is 0. The molecular formula is C17H29NO3. The van der Waals surface area contributed by atoms with Crippen molar-refractivity contribution >= 4 is 5.97 Å². The summed E-state index contributed by atoms with van der Waals surface area (Å²) in [4.78, 5) is 13.3. The molecule has 0 aliphatic rings. The molecule has 0 saturated carbocycles. The Bertz CT molecular complexity index is 407. The van der Waals surface area contributed by atoms with Crippen molar-refractivity contribution in [2.75, 3.05) is 20.2 Å². The fourth-order valence-corrected chi connectivity index (χ4v) is 2.00. The number of hydrogen-bond acceptors (Lipinski definition) is 4. The molecule has 120 valence electrons. The minimum atomic E-state index is -0.210. The summed E-state index contributed by atoms with van der Waals surface area (Å²) in [7, 11) is 1.39. The number of carbonyl (C=O) groups excluding carboxylic acids is 1. The summed E-state index contributed by atoms with van der Waals surface area (Å²) in [6.45, 7) is 9.74. The summed E-state index contributed by atoms with van der Waals surface area (Å²) in [5.41, 5.74) is 0.879. The summed E-state index contributed by atoms with van der Waals surface area (Å²) in [5.74, 6) is 0.0828. The number of benzene rings is 1. The zero-order chi connectivity index (χ0) is 16.3. The maximum Gasteiger partial charge on any atom is 0.306 e. The van der Waals surface area contributed by atoms with Crippen molar-refractivity contribution in [1.82, 2.24) is 4.90 Å². The van der Waals surface area contributed by atoms with E-state index in [1.165, 1.54) is 13.5 Å². The normalized spacial score (nSPS) is 11.5. The lowest BCUT2D eigenvalue weighted by Gasteiger charge is -2.28. The summed E-state index contributed by atoms with van der Waals surface area (Å²) in [6, 6.07) is 7.36. The van der Waals surface area contributed by atoms with Crippen LogP contribution in [0.1, 0.15) is 52.1 Å². The average Bonchev–Trinajstić information content (AvgIpc) is 2.48. The number of nitrogens with zero attached hydrogens (tertiary/aromatic N) is 1. The Labute approximate surface area is 128 Å². The Kier molecular flexibility index (Phi) is 10.3.